The normalized spacial score (nSPS) is 10.4. The monoisotopic (exact) mass is 396 g/mol. The van der Waals surface area contributed by atoms with E-state index in [2.05, 4.69) is 20.8 Å². The molecule has 0 aliphatic carbocycles. The van der Waals surface area contributed by atoms with Crippen molar-refractivity contribution in [3.05, 3.63) is 76.4 Å². The highest BCUT2D eigenvalue weighted by molar-refractivity contribution is 6.31. The van der Waals surface area contributed by atoms with E-state index in [0.717, 1.165) is 29.0 Å². The minimum Gasteiger partial charge on any atom is -0.497 e. The van der Waals surface area contributed by atoms with Crippen LogP contribution in [0.25, 0.3) is 0 Å². The Morgan fingerprint density at radius 3 is 2.54 bits per heavy atom. The molecule has 1 aromatic heterocycles. The maximum atomic E-state index is 12.2. The second-order valence-electron chi connectivity index (χ2n) is 6.20. The smallest absolute Gasteiger partial charge is 0.271 e. The van der Waals surface area contributed by atoms with Crippen molar-refractivity contribution in [2.75, 3.05) is 19.0 Å². The highest BCUT2D eigenvalue weighted by Gasteiger charge is 2.09. The van der Waals surface area contributed by atoms with Crippen molar-refractivity contribution in [2.45, 2.75) is 13.3 Å². The molecule has 7 heteroatoms. The summed E-state index contributed by atoms with van der Waals surface area (Å²) in [4.78, 5) is 12.2. The van der Waals surface area contributed by atoms with Gasteiger partial charge in [0.05, 0.1) is 7.11 Å². The lowest BCUT2D eigenvalue weighted by molar-refractivity contribution is 0.0948. The fraction of sp³-hybridized carbons (Fsp3) is 0.190. The lowest BCUT2D eigenvalue weighted by Crippen LogP contribution is -2.26. The molecule has 3 aromatic rings. The molecule has 0 spiro atoms. The zero-order valence-electron chi connectivity index (χ0n) is 15.7. The quantitative estimate of drug-likeness (QED) is 0.627. The van der Waals surface area contributed by atoms with Crippen LogP contribution in [-0.4, -0.2) is 29.8 Å². The Bertz CT molecular complexity index is 944. The van der Waals surface area contributed by atoms with E-state index in [1.807, 2.05) is 49.4 Å². The summed E-state index contributed by atoms with van der Waals surface area (Å²) in [5.41, 5.74) is 3.15. The standard InChI is InChI=1S/C21H21ClN4O2/c1-14-17(22)4-3-5-18(14)24-20-11-10-19(25-26-20)21(27)23-13-12-15-6-8-16(28-2)9-7-15/h3-11H,12-13H2,1-2H3,(H,23,27)(H,24,26). The molecule has 0 aliphatic heterocycles. The van der Waals surface area contributed by atoms with Gasteiger partial charge in [-0.2, -0.15) is 0 Å². The van der Waals surface area contributed by atoms with Crippen molar-refractivity contribution in [3.63, 3.8) is 0 Å². The lowest BCUT2D eigenvalue weighted by atomic mass is 10.1. The minimum absolute atomic E-state index is 0.258. The second-order valence-corrected chi connectivity index (χ2v) is 6.60. The molecule has 0 radical (unpaired) electrons. The van der Waals surface area contributed by atoms with Crippen LogP contribution in [0.1, 0.15) is 21.6 Å². The Morgan fingerprint density at radius 1 is 1.07 bits per heavy atom. The first-order chi connectivity index (χ1) is 13.6. The van der Waals surface area contributed by atoms with Crippen LogP contribution in [0, 0.1) is 6.92 Å². The van der Waals surface area contributed by atoms with Gasteiger partial charge in [0.1, 0.15) is 5.75 Å². The molecule has 1 heterocycles. The highest BCUT2D eigenvalue weighted by Crippen LogP contribution is 2.25. The Kier molecular flexibility index (Phi) is 6.45. The van der Waals surface area contributed by atoms with Gasteiger partial charge in [-0.05, 0) is 60.9 Å². The maximum Gasteiger partial charge on any atom is 0.271 e. The predicted molar refractivity (Wildman–Crippen MR) is 111 cm³/mol. The van der Waals surface area contributed by atoms with E-state index in [1.165, 1.54) is 0 Å². The number of rotatable bonds is 7. The molecule has 0 bridgehead atoms. The van der Waals surface area contributed by atoms with Gasteiger partial charge >= 0.3 is 0 Å². The number of anilines is 2. The Morgan fingerprint density at radius 2 is 1.86 bits per heavy atom. The molecule has 0 unspecified atom stereocenters. The molecule has 0 aliphatic rings. The Balaban J connectivity index is 1.53. The van der Waals surface area contributed by atoms with E-state index < -0.39 is 0 Å². The number of amides is 1. The molecule has 3 rings (SSSR count). The summed E-state index contributed by atoms with van der Waals surface area (Å²) in [7, 11) is 1.63. The molecule has 2 N–H and O–H groups in total. The molecule has 0 saturated carbocycles. The van der Waals surface area contributed by atoms with Gasteiger partial charge in [-0.15, -0.1) is 10.2 Å². The molecular formula is C21H21ClN4O2. The third-order valence-corrected chi connectivity index (χ3v) is 4.70. The van der Waals surface area contributed by atoms with E-state index in [0.29, 0.717) is 17.4 Å². The number of aromatic nitrogens is 2. The van der Waals surface area contributed by atoms with E-state index in [9.17, 15) is 4.79 Å². The maximum absolute atomic E-state index is 12.2. The SMILES string of the molecule is COc1ccc(CCNC(=O)c2ccc(Nc3cccc(Cl)c3C)nn2)cc1. The Hall–Kier alpha value is -3.12. The largest absolute Gasteiger partial charge is 0.497 e. The summed E-state index contributed by atoms with van der Waals surface area (Å²) < 4.78 is 5.13. The van der Waals surface area contributed by atoms with Crippen LogP contribution < -0.4 is 15.4 Å². The number of carbonyl (C=O) groups excluding carboxylic acids is 1. The van der Waals surface area contributed by atoms with Crippen LogP contribution in [0.15, 0.2) is 54.6 Å². The van der Waals surface area contributed by atoms with E-state index in [4.69, 9.17) is 16.3 Å². The minimum atomic E-state index is -0.258. The van der Waals surface area contributed by atoms with Crippen molar-refractivity contribution >= 4 is 29.0 Å². The first kappa shape index (κ1) is 19.6. The first-order valence-corrected chi connectivity index (χ1v) is 9.21. The molecule has 1 amide bonds. The molecule has 2 aromatic carbocycles. The number of nitrogens with one attached hydrogen (secondary N) is 2. The molecule has 6 nitrogen and oxygen atoms in total. The summed E-state index contributed by atoms with van der Waals surface area (Å²) in [6.45, 7) is 2.43. The third kappa shape index (κ3) is 4.98. The number of hydrogen-bond acceptors (Lipinski definition) is 5. The number of hydrogen-bond donors (Lipinski definition) is 2. The number of nitrogens with zero attached hydrogens (tertiary/aromatic N) is 2. The highest BCUT2D eigenvalue weighted by atomic mass is 35.5. The summed E-state index contributed by atoms with van der Waals surface area (Å²) in [5, 5.41) is 14.7. The van der Waals surface area contributed by atoms with Gasteiger partial charge in [0.25, 0.3) is 5.91 Å². The van der Waals surface area contributed by atoms with Crippen molar-refractivity contribution in [2.24, 2.45) is 0 Å². The van der Waals surface area contributed by atoms with Crippen LogP contribution >= 0.6 is 11.6 Å². The van der Waals surface area contributed by atoms with E-state index in [-0.39, 0.29) is 11.6 Å². The number of methoxy groups -OCH3 is 1. The summed E-state index contributed by atoms with van der Waals surface area (Å²) in [6.07, 6.45) is 0.719. The number of benzene rings is 2. The van der Waals surface area contributed by atoms with Crippen molar-refractivity contribution in [1.29, 1.82) is 0 Å². The molecular weight excluding hydrogens is 376 g/mol. The molecule has 0 saturated heterocycles. The topological polar surface area (TPSA) is 76.1 Å². The van der Waals surface area contributed by atoms with Crippen LogP contribution in [0.2, 0.25) is 5.02 Å². The zero-order valence-corrected chi connectivity index (χ0v) is 16.5. The molecule has 144 valence electrons. The number of ether oxygens (including phenoxy) is 1. The van der Waals surface area contributed by atoms with Crippen LogP contribution in [0.5, 0.6) is 5.75 Å². The summed E-state index contributed by atoms with van der Waals surface area (Å²) in [5.74, 6) is 1.09. The predicted octanol–water partition coefficient (Wildman–Crippen LogP) is 4.16. The molecule has 28 heavy (non-hydrogen) atoms. The fourth-order valence-corrected chi connectivity index (χ4v) is 2.78. The average molecular weight is 397 g/mol. The average Bonchev–Trinajstić information content (AvgIpc) is 2.72. The Labute approximate surface area is 168 Å². The van der Waals surface area contributed by atoms with Crippen molar-refractivity contribution < 1.29 is 9.53 Å². The van der Waals surface area contributed by atoms with Gasteiger partial charge in [-0.1, -0.05) is 29.8 Å². The zero-order chi connectivity index (χ0) is 19.9. The van der Waals surface area contributed by atoms with Gasteiger partial charge in [0.15, 0.2) is 11.5 Å². The molecule has 0 fully saturated rings. The van der Waals surface area contributed by atoms with Crippen LogP contribution in [-0.2, 0) is 6.42 Å². The van der Waals surface area contributed by atoms with E-state index in [1.54, 1.807) is 19.2 Å². The third-order valence-electron chi connectivity index (χ3n) is 4.29. The van der Waals surface area contributed by atoms with E-state index >= 15 is 0 Å². The van der Waals surface area contributed by atoms with Gasteiger partial charge < -0.3 is 15.4 Å². The van der Waals surface area contributed by atoms with Crippen LogP contribution in [0.4, 0.5) is 11.5 Å². The lowest BCUT2D eigenvalue weighted by Gasteiger charge is -2.10. The first-order valence-electron chi connectivity index (χ1n) is 8.84. The van der Waals surface area contributed by atoms with Gasteiger partial charge in [0, 0.05) is 17.3 Å². The van der Waals surface area contributed by atoms with Crippen molar-refractivity contribution in [3.8, 4) is 5.75 Å². The fourth-order valence-electron chi connectivity index (χ4n) is 2.60. The number of carbonyl (C=O) groups is 1. The summed E-state index contributed by atoms with van der Waals surface area (Å²) >= 11 is 6.12. The van der Waals surface area contributed by atoms with Gasteiger partial charge in [-0.25, -0.2) is 0 Å². The van der Waals surface area contributed by atoms with Crippen molar-refractivity contribution in [1.82, 2.24) is 15.5 Å². The van der Waals surface area contributed by atoms with Gasteiger partial charge in [-0.3, -0.25) is 4.79 Å². The number of halogens is 1. The van der Waals surface area contributed by atoms with Gasteiger partial charge in [0.2, 0.25) is 0 Å². The van der Waals surface area contributed by atoms with Crippen LogP contribution in [0.3, 0.4) is 0 Å². The second kappa shape index (κ2) is 9.19. The molecule has 0 atom stereocenters. The summed E-state index contributed by atoms with van der Waals surface area (Å²) in [6, 6.07) is 16.7.